The van der Waals surface area contributed by atoms with E-state index in [0.717, 1.165) is 41.8 Å². The first-order valence-electron chi connectivity index (χ1n) is 13.0. The van der Waals surface area contributed by atoms with E-state index < -0.39 is 5.91 Å². The predicted molar refractivity (Wildman–Crippen MR) is 155 cm³/mol. The molecule has 3 rings (SSSR count). The van der Waals surface area contributed by atoms with E-state index >= 15 is 0 Å². The van der Waals surface area contributed by atoms with Crippen LogP contribution >= 0.6 is 0 Å². The van der Waals surface area contributed by atoms with Gasteiger partial charge in [0, 0.05) is 37.0 Å². The van der Waals surface area contributed by atoms with Gasteiger partial charge < -0.3 is 20.2 Å². The number of aliphatic hydroxyl groups is 1. The van der Waals surface area contributed by atoms with E-state index in [-0.39, 0.29) is 5.57 Å². The maximum Gasteiger partial charge on any atom is 0.259 e. The monoisotopic (exact) mass is 505 g/mol. The van der Waals surface area contributed by atoms with Crippen LogP contribution in [0, 0.1) is 23.2 Å². The summed E-state index contributed by atoms with van der Waals surface area (Å²) in [5, 5.41) is 19.4. The number of hydrogen-bond donors (Lipinski definition) is 2. The molecule has 0 aliphatic heterocycles. The van der Waals surface area contributed by atoms with Gasteiger partial charge >= 0.3 is 0 Å². The van der Waals surface area contributed by atoms with Crippen molar-refractivity contribution in [1.82, 2.24) is 0 Å². The van der Waals surface area contributed by atoms with Crippen molar-refractivity contribution < 1.29 is 14.3 Å². The van der Waals surface area contributed by atoms with Gasteiger partial charge in [-0.15, -0.1) is 0 Å². The minimum Gasteiger partial charge on any atom is -0.457 e. The maximum absolute atomic E-state index is 11.2. The fourth-order valence-corrected chi connectivity index (χ4v) is 3.32. The van der Waals surface area contributed by atoms with Gasteiger partial charge in [0.05, 0.1) is 0 Å². The Morgan fingerprint density at radius 2 is 1.62 bits per heavy atom. The van der Waals surface area contributed by atoms with Crippen molar-refractivity contribution in [3.05, 3.63) is 59.9 Å². The summed E-state index contributed by atoms with van der Waals surface area (Å²) in [6, 6.07) is 17.8. The molecule has 0 aliphatic rings. The summed E-state index contributed by atoms with van der Waals surface area (Å²) in [7, 11) is 0. The second-order valence-corrected chi connectivity index (χ2v) is 9.79. The molecule has 0 unspecified atom stereocenters. The van der Waals surface area contributed by atoms with Crippen molar-refractivity contribution in [3.63, 3.8) is 0 Å². The van der Waals surface area contributed by atoms with Gasteiger partial charge in [-0.1, -0.05) is 52.8 Å². The highest BCUT2D eigenvalue weighted by molar-refractivity contribution is 6.00. The van der Waals surface area contributed by atoms with E-state index in [1.54, 1.807) is 12.1 Å². The van der Waals surface area contributed by atoms with E-state index in [1.165, 1.54) is 11.8 Å². The third-order valence-corrected chi connectivity index (χ3v) is 5.24. The minimum absolute atomic E-state index is 0.140. The van der Waals surface area contributed by atoms with Gasteiger partial charge in [-0.25, -0.2) is 0 Å². The zero-order valence-corrected chi connectivity index (χ0v) is 23.4. The molecule has 3 aromatic rings. The zero-order valence-electron chi connectivity index (χ0n) is 23.4. The van der Waals surface area contributed by atoms with Crippen LogP contribution in [0.25, 0.3) is 28.2 Å². The van der Waals surface area contributed by atoms with Crippen LogP contribution in [0.2, 0.25) is 0 Å². The van der Waals surface area contributed by atoms with Gasteiger partial charge in [-0.05, 0) is 73.2 Å². The molecule has 0 spiro atoms. The van der Waals surface area contributed by atoms with Gasteiger partial charge in [0.15, 0.2) is 0 Å². The minimum atomic E-state index is -0.773. The number of primary amides is 1. The smallest absolute Gasteiger partial charge is 0.259 e. The average molecular weight is 506 g/mol. The van der Waals surface area contributed by atoms with Crippen molar-refractivity contribution in [2.24, 2.45) is 17.6 Å². The molecule has 6 nitrogen and oxygen atoms in total. The summed E-state index contributed by atoms with van der Waals surface area (Å²) in [5.74, 6) is 1.79. The molecule has 0 fully saturated rings. The third-order valence-electron chi connectivity index (χ3n) is 5.24. The van der Waals surface area contributed by atoms with E-state index in [2.05, 4.69) is 83.7 Å². The predicted octanol–water partition coefficient (Wildman–Crippen LogP) is 7.03. The number of amides is 1. The molecule has 0 atom stereocenters. The fraction of sp³-hybridized carbons (Fsp3) is 0.419. The fourth-order valence-electron chi connectivity index (χ4n) is 3.32. The van der Waals surface area contributed by atoms with Crippen molar-refractivity contribution in [3.8, 4) is 17.4 Å². The summed E-state index contributed by atoms with van der Waals surface area (Å²) in [6.45, 7) is 17.3. The van der Waals surface area contributed by atoms with Crippen molar-refractivity contribution >= 4 is 28.4 Å². The van der Waals surface area contributed by atoms with Gasteiger partial charge in [0.25, 0.3) is 5.91 Å². The normalized spacial score (nSPS) is 10.9. The van der Waals surface area contributed by atoms with Gasteiger partial charge in [-0.3, -0.25) is 4.79 Å². The number of nitriles is 1. The van der Waals surface area contributed by atoms with Crippen molar-refractivity contribution in [1.29, 1.82) is 5.26 Å². The number of carbonyl (C=O) groups is 1. The largest absolute Gasteiger partial charge is 0.457 e. The molecule has 37 heavy (non-hydrogen) atoms. The first-order valence-corrected chi connectivity index (χ1v) is 13.0. The van der Waals surface area contributed by atoms with Crippen LogP contribution in [0.1, 0.15) is 60.6 Å². The number of hydrogen-bond acceptors (Lipinski definition) is 5. The van der Waals surface area contributed by atoms with E-state index in [0.29, 0.717) is 24.0 Å². The molecule has 0 bridgehead atoms. The quantitative estimate of drug-likeness (QED) is 0.253. The van der Waals surface area contributed by atoms with E-state index in [9.17, 15) is 4.79 Å². The van der Waals surface area contributed by atoms with Crippen LogP contribution in [0.5, 0.6) is 0 Å². The maximum atomic E-state index is 11.2. The summed E-state index contributed by atoms with van der Waals surface area (Å²) < 4.78 is 5.75. The number of benzene rings is 2. The molecule has 0 saturated heterocycles. The Morgan fingerprint density at radius 1 is 1.03 bits per heavy atom. The summed E-state index contributed by atoms with van der Waals surface area (Å²) in [6.07, 6.45) is 2.28. The highest BCUT2D eigenvalue weighted by Gasteiger charge is 2.09. The number of nitrogens with zero attached hydrogens (tertiary/aromatic N) is 2. The molecule has 0 aliphatic carbocycles. The number of anilines is 1. The van der Waals surface area contributed by atoms with E-state index in [4.69, 9.17) is 20.5 Å². The standard InChI is InChI=1S/C22H21N3O2.C5H12O.C4H10/c1-3-25(4-2)19-8-7-15-11-17(6-5-16(15)12-19)21-10-9-20(27-21)13-18(14-23)22(24)26;1-5(2)3-4-6;1-4(2)3/h5-13H,3-4H2,1-2H3,(H2,24,26);5-6H,3-4H2,1-2H3;4H,1-3H3/b18-13+;;. The Morgan fingerprint density at radius 3 is 2.11 bits per heavy atom. The summed E-state index contributed by atoms with van der Waals surface area (Å²) in [4.78, 5) is 13.5. The molecule has 200 valence electrons. The number of aliphatic hydroxyl groups excluding tert-OH is 1. The number of rotatable bonds is 8. The van der Waals surface area contributed by atoms with E-state index in [1.807, 2.05) is 12.1 Å². The highest BCUT2D eigenvalue weighted by Crippen LogP contribution is 2.29. The number of nitrogens with two attached hydrogens (primary N) is 1. The van der Waals surface area contributed by atoms with Crippen LogP contribution in [-0.4, -0.2) is 30.7 Å². The molecule has 3 N–H and O–H groups in total. The lowest BCUT2D eigenvalue weighted by Crippen LogP contribution is -2.21. The lowest BCUT2D eigenvalue weighted by Gasteiger charge is -2.21. The molecule has 1 heterocycles. The molecule has 6 heteroatoms. The summed E-state index contributed by atoms with van der Waals surface area (Å²) in [5.41, 5.74) is 7.15. The summed E-state index contributed by atoms with van der Waals surface area (Å²) >= 11 is 0. The number of carbonyl (C=O) groups excluding carboxylic acids is 1. The topological polar surface area (TPSA) is 103 Å². The van der Waals surface area contributed by atoms with Crippen LogP contribution in [-0.2, 0) is 4.79 Å². The lowest BCUT2D eigenvalue weighted by atomic mass is 10.0. The van der Waals surface area contributed by atoms with Gasteiger partial charge in [-0.2, -0.15) is 5.26 Å². The van der Waals surface area contributed by atoms with Crippen LogP contribution < -0.4 is 10.6 Å². The molecular weight excluding hydrogens is 462 g/mol. The second-order valence-electron chi connectivity index (χ2n) is 9.79. The first kappa shape index (κ1) is 31.5. The highest BCUT2D eigenvalue weighted by atomic mass is 16.3. The van der Waals surface area contributed by atoms with Gasteiger partial charge in [0.1, 0.15) is 23.2 Å². The molecular formula is C31H43N3O3. The molecule has 1 amide bonds. The zero-order chi connectivity index (χ0) is 28.0. The molecule has 2 aromatic carbocycles. The Balaban J connectivity index is 0.000000583. The average Bonchev–Trinajstić information content (AvgIpc) is 3.31. The molecule has 0 radical (unpaired) electrons. The van der Waals surface area contributed by atoms with Gasteiger partial charge in [0.2, 0.25) is 0 Å². The Hall–Kier alpha value is -3.56. The third kappa shape index (κ3) is 10.9. The Kier molecular flexibility index (Phi) is 13.8. The molecule has 1 aromatic heterocycles. The SMILES string of the molecule is CC(C)C.CC(C)CCO.CCN(CC)c1ccc2cc(-c3ccc(/C=C(\C#N)C(N)=O)o3)ccc2c1. The molecule has 0 saturated carbocycles. The Labute approximate surface area is 222 Å². The lowest BCUT2D eigenvalue weighted by molar-refractivity contribution is -0.114. The second kappa shape index (κ2) is 16.2. The van der Waals surface area contributed by atoms with Crippen molar-refractivity contribution in [2.45, 2.75) is 54.9 Å². The number of fused-ring (bicyclic) bond motifs is 1. The number of furan rings is 1. The first-order chi connectivity index (χ1) is 17.6. The Bertz CT molecular complexity index is 1180. The van der Waals surface area contributed by atoms with Crippen LogP contribution in [0.15, 0.2) is 58.5 Å². The van der Waals surface area contributed by atoms with Crippen LogP contribution in [0.4, 0.5) is 5.69 Å². The van der Waals surface area contributed by atoms with Crippen molar-refractivity contribution in [2.75, 3.05) is 24.6 Å². The van der Waals surface area contributed by atoms with Crippen LogP contribution in [0.3, 0.4) is 0 Å².